The first-order valence-electron chi connectivity index (χ1n) is 6.59. The minimum atomic E-state index is -1.07. The van der Waals surface area contributed by atoms with Crippen LogP contribution in [0.2, 0.25) is 10.0 Å². The van der Waals surface area contributed by atoms with E-state index in [9.17, 15) is 14.4 Å². The molecule has 1 aromatic carbocycles. The van der Waals surface area contributed by atoms with Crippen LogP contribution in [0.3, 0.4) is 0 Å². The highest BCUT2D eigenvalue weighted by Gasteiger charge is 2.23. The van der Waals surface area contributed by atoms with E-state index in [0.717, 1.165) is 0 Å². The quantitative estimate of drug-likeness (QED) is 0.713. The van der Waals surface area contributed by atoms with Crippen LogP contribution in [0.15, 0.2) is 30.0 Å². The molecule has 2 rings (SSSR count). The molecule has 1 aromatic rings. The monoisotopic (exact) mass is 357 g/mol. The summed E-state index contributed by atoms with van der Waals surface area (Å²) in [5, 5.41) is 3.01. The lowest BCUT2D eigenvalue weighted by Crippen LogP contribution is -2.43. The van der Waals surface area contributed by atoms with Crippen molar-refractivity contribution in [2.24, 2.45) is 0 Å². The van der Waals surface area contributed by atoms with Crippen molar-refractivity contribution in [1.29, 1.82) is 0 Å². The molecule has 23 heavy (non-hydrogen) atoms. The molecule has 3 N–H and O–H groups in total. The van der Waals surface area contributed by atoms with E-state index < -0.39 is 18.0 Å². The first-order chi connectivity index (χ1) is 10.9. The minimum absolute atomic E-state index is 0.0517. The number of hydrazine groups is 1. The number of anilines is 1. The molecule has 122 valence electrons. The molecule has 1 aliphatic rings. The summed E-state index contributed by atoms with van der Waals surface area (Å²) in [6, 6.07) is 4.78. The molecule has 0 radical (unpaired) electrons. The SMILES string of the molecule is C[C@@H](OC(=O)C1=CCC(=O)NN1)C(=O)Nc1cccc(Cl)c1Cl. The molecular weight excluding hydrogens is 345 g/mol. The van der Waals surface area contributed by atoms with E-state index in [4.69, 9.17) is 27.9 Å². The second-order valence-corrected chi connectivity index (χ2v) is 5.42. The van der Waals surface area contributed by atoms with E-state index in [0.29, 0.717) is 10.7 Å². The van der Waals surface area contributed by atoms with Gasteiger partial charge in [0.25, 0.3) is 5.91 Å². The van der Waals surface area contributed by atoms with Crippen LogP contribution < -0.4 is 16.2 Å². The number of hydrogen-bond donors (Lipinski definition) is 3. The van der Waals surface area contributed by atoms with E-state index in [1.165, 1.54) is 13.0 Å². The van der Waals surface area contributed by atoms with E-state index in [1.807, 2.05) is 0 Å². The number of rotatable bonds is 4. The molecule has 1 aliphatic heterocycles. The Labute approximate surface area is 141 Å². The predicted molar refractivity (Wildman–Crippen MR) is 84.6 cm³/mol. The lowest BCUT2D eigenvalue weighted by molar-refractivity contribution is -0.149. The molecule has 0 spiro atoms. The zero-order valence-corrected chi connectivity index (χ0v) is 13.5. The summed E-state index contributed by atoms with van der Waals surface area (Å²) in [7, 11) is 0. The van der Waals surface area contributed by atoms with Gasteiger partial charge in [0.2, 0.25) is 5.91 Å². The maximum atomic E-state index is 12.0. The van der Waals surface area contributed by atoms with Crippen molar-refractivity contribution in [3.05, 3.63) is 40.0 Å². The third kappa shape index (κ3) is 4.37. The Morgan fingerprint density at radius 3 is 2.70 bits per heavy atom. The molecule has 1 atom stereocenters. The van der Waals surface area contributed by atoms with Crippen LogP contribution in [0.5, 0.6) is 0 Å². The van der Waals surface area contributed by atoms with E-state index >= 15 is 0 Å². The summed E-state index contributed by atoms with van der Waals surface area (Å²) < 4.78 is 5.02. The lowest BCUT2D eigenvalue weighted by Gasteiger charge is -2.18. The highest BCUT2D eigenvalue weighted by atomic mass is 35.5. The Hall–Kier alpha value is -2.25. The Morgan fingerprint density at radius 1 is 1.30 bits per heavy atom. The number of benzene rings is 1. The molecule has 1 heterocycles. The zero-order valence-electron chi connectivity index (χ0n) is 12.0. The summed E-state index contributed by atoms with van der Waals surface area (Å²) in [6.07, 6.45) is 0.355. The molecule has 0 fully saturated rings. The molecule has 7 nitrogen and oxygen atoms in total. The van der Waals surface area contributed by atoms with Gasteiger partial charge in [0.05, 0.1) is 15.7 Å². The fraction of sp³-hybridized carbons (Fsp3) is 0.214. The van der Waals surface area contributed by atoms with Crippen LogP contribution in [0, 0.1) is 0 Å². The highest BCUT2D eigenvalue weighted by molar-refractivity contribution is 6.44. The zero-order chi connectivity index (χ0) is 17.0. The number of amides is 2. The molecule has 0 bridgehead atoms. The van der Waals surface area contributed by atoms with Crippen molar-refractivity contribution < 1.29 is 19.1 Å². The second kappa shape index (κ2) is 7.34. The van der Waals surface area contributed by atoms with Crippen LogP contribution in [0.1, 0.15) is 13.3 Å². The second-order valence-electron chi connectivity index (χ2n) is 4.63. The van der Waals surface area contributed by atoms with E-state index in [-0.39, 0.29) is 23.0 Å². The van der Waals surface area contributed by atoms with Gasteiger partial charge >= 0.3 is 5.97 Å². The van der Waals surface area contributed by atoms with Crippen molar-refractivity contribution in [1.82, 2.24) is 10.9 Å². The normalized spacial score (nSPS) is 14.9. The molecule has 0 saturated heterocycles. The first-order valence-corrected chi connectivity index (χ1v) is 7.35. The van der Waals surface area contributed by atoms with Crippen LogP contribution in [0.4, 0.5) is 5.69 Å². The van der Waals surface area contributed by atoms with Crippen molar-refractivity contribution in [2.75, 3.05) is 5.32 Å². The Balaban J connectivity index is 1.96. The third-order valence-electron chi connectivity index (χ3n) is 2.91. The standard InChI is InChI=1S/C14H13Cl2N3O4/c1-7(23-14(22)10-5-6-11(20)19-18-10)13(21)17-9-4-2-3-8(15)12(9)16/h2-5,7,18H,6H2,1H3,(H,17,21)(H,19,20)/t7-/m1/s1. The Morgan fingerprint density at radius 2 is 2.04 bits per heavy atom. The molecule has 2 amide bonds. The molecule has 0 aromatic heterocycles. The van der Waals surface area contributed by atoms with Crippen molar-refractivity contribution >= 4 is 46.7 Å². The largest absolute Gasteiger partial charge is 0.448 e. The van der Waals surface area contributed by atoms with Gasteiger partial charge in [0, 0.05) is 6.42 Å². The van der Waals surface area contributed by atoms with Gasteiger partial charge in [0.15, 0.2) is 6.10 Å². The maximum Gasteiger partial charge on any atom is 0.356 e. The van der Waals surface area contributed by atoms with Gasteiger partial charge in [-0.05, 0) is 25.1 Å². The van der Waals surface area contributed by atoms with Crippen molar-refractivity contribution in [3.8, 4) is 0 Å². The Bertz CT molecular complexity index is 691. The highest BCUT2D eigenvalue weighted by Crippen LogP contribution is 2.29. The van der Waals surface area contributed by atoms with Crippen molar-refractivity contribution in [2.45, 2.75) is 19.4 Å². The molecule has 0 saturated carbocycles. The number of nitrogens with one attached hydrogen (secondary N) is 3. The minimum Gasteiger partial charge on any atom is -0.448 e. The van der Waals surface area contributed by atoms with Gasteiger partial charge in [0.1, 0.15) is 5.70 Å². The summed E-state index contributed by atoms with van der Waals surface area (Å²) in [5.41, 5.74) is 5.05. The summed E-state index contributed by atoms with van der Waals surface area (Å²) in [4.78, 5) is 34.9. The van der Waals surface area contributed by atoms with Gasteiger partial charge in [-0.15, -0.1) is 0 Å². The summed E-state index contributed by atoms with van der Waals surface area (Å²) in [6.45, 7) is 1.41. The lowest BCUT2D eigenvalue weighted by atomic mass is 10.2. The summed E-state index contributed by atoms with van der Waals surface area (Å²) >= 11 is 11.8. The number of carbonyl (C=O) groups excluding carboxylic acids is 3. The number of esters is 1. The fourth-order valence-corrected chi connectivity index (χ4v) is 2.03. The van der Waals surface area contributed by atoms with Gasteiger partial charge < -0.3 is 10.1 Å². The topological polar surface area (TPSA) is 96.5 Å². The number of hydrogen-bond acceptors (Lipinski definition) is 5. The van der Waals surface area contributed by atoms with Gasteiger partial charge in [-0.2, -0.15) is 0 Å². The average molecular weight is 358 g/mol. The predicted octanol–water partition coefficient (Wildman–Crippen LogP) is 1.77. The maximum absolute atomic E-state index is 12.0. The Kier molecular flexibility index (Phi) is 5.46. The van der Waals surface area contributed by atoms with E-state index in [1.54, 1.807) is 18.2 Å². The van der Waals surface area contributed by atoms with Gasteiger partial charge in [-0.3, -0.25) is 20.4 Å². The van der Waals surface area contributed by atoms with Crippen molar-refractivity contribution in [3.63, 3.8) is 0 Å². The van der Waals surface area contributed by atoms with Gasteiger partial charge in [-0.1, -0.05) is 29.3 Å². The molecule has 9 heteroatoms. The van der Waals surface area contributed by atoms with Crippen LogP contribution >= 0.6 is 23.2 Å². The number of ether oxygens (including phenoxy) is 1. The average Bonchev–Trinajstić information content (AvgIpc) is 2.52. The smallest absolute Gasteiger partial charge is 0.356 e. The number of halogens is 2. The first kappa shape index (κ1) is 17.1. The summed E-state index contributed by atoms with van der Waals surface area (Å²) in [5.74, 6) is -1.60. The van der Waals surface area contributed by atoms with Crippen LogP contribution in [0.25, 0.3) is 0 Å². The van der Waals surface area contributed by atoms with E-state index in [2.05, 4.69) is 16.2 Å². The van der Waals surface area contributed by atoms with Crippen LogP contribution in [-0.4, -0.2) is 23.9 Å². The number of carbonyl (C=O) groups is 3. The van der Waals surface area contributed by atoms with Crippen LogP contribution in [-0.2, 0) is 19.1 Å². The molecular formula is C14H13Cl2N3O4. The molecule has 0 aliphatic carbocycles. The van der Waals surface area contributed by atoms with Gasteiger partial charge in [-0.25, -0.2) is 4.79 Å². The molecule has 0 unspecified atom stereocenters. The third-order valence-corrected chi connectivity index (χ3v) is 3.73. The fourth-order valence-electron chi connectivity index (χ4n) is 1.68.